The monoisotopic (exact) mass is 440 g/mol. The highest BCUT2D eigenvalue weighted by Gasteiger charge is 2.22. The highest BCUT2D eigenvalue weighted by Crippen LogP contribution is 2.22. The minimum absolute atomic E-state index is 0.206. The molecule has 0 saturated carbocycles. The van der Waals surface area contributed by atoms with Crippen LogP contribution in [0.5, 0.6) is 11.5 Å². The number of amides is 1. The molecule has 162 valence electrons. The van der Waals surface area contributed by atoms with E-state index in [0.717, 1.165) is 22.6 Å². The third-order valence-electron chi connectivity index (χ3n) is 4.79. The second-order valence-electron chi connectivity index (χ2n) is 7.08. The van der Waals surface area contributed by atoms with Crippen molar-refractivity contribution in [3.8, 4) is 11.5 Å². The zero-order chi connectivity index (χ0) is 22.5. The largest absolute Gasteiger partial charge is 0.497 e. The predicted octanol–water partition coefficient (Wildman–Crippen LogP) is 3.47. The lowest BCUT2D eigenvalue weighted by atomic mass is 10.2. The fraction of sp³-hybridized carbons (Fsp3) is 0.261. The number of ether oxygens (including phenoxy) is 2. The number of nitrogens with zero attached hydrogens (tertiary/aromatic N) is 2. The van der Waals surface area contributed by atoms with Gasteiger partial charge in [0.15, 0.2) is 0 Å². The molecule has 0 radical (unpaired) electrons. The Morgan fingerprint density at radius 1 is 1.13 bits per heavy atom. The number of hydrogen-bond acceptors (Lipinski definition) is 6. The van der Waals surface area contributed by atoms with Gasteiger partial charge in [-0.15, -0.1) is 0 Å². The molecule has 8 heteroatoms. The molecule has 0 aliphatic rings. The van der Waals surface area contributed by atoms with Gasteiger partial charge >= 0.3 is 10.8 Å². The average Bonchev–Trinajstić information content (AvgIpc) is 3.02. The van der Waals surface area contributed by atoms with E-state index in [4.69, 9.17) is 9.47 Å². The summed E-state index contributed by atoms with van der Waals surface area (Å²) in [5, 5.41) is 0. The molecule has 0 fully saturated rings. The van der Waals surface area contributed by atoms with E-state index in [2.05, 4.69) is 0 Å². The van der Waals surface area contributed by atoms with Crippen LogP contribution in [0.15, 0.2) is 53.3 Å². The molecule has 0 atom stereocenters. The SMILES string of the molecule is COc1cccc(CN(C)C(=O)c2sc(=O)n(Cc3ccccc3OC(C)=O)c2C)c1. The summed E-state index contributed by atoms with van der Waals surface area (Å²) < 4.78 is 12.0. The molecule has 31 heavy (non-hydrogen) atoms. The first kappa shape index (κ1) is 22.3. The van der Waals surface area contributed by atoms with Gasteiger partial charge in [0.05, 0.1) is 13.7 Å². The zero-order valence-electron chi connectivity index (χ0n) is 17.9. The maximum absolute atomic E-state index is 13.0. The van der Waals surface area contributed by atoms with Gasteiger partial charge in [0.2, 0.25) is 0 Å². The Labute approximate surface area is 184 Å². The van der Waals surface area contributed by atoms with E-state index in [1.807, 2.05) is 30.3 Å². The Hall–Kier alpha value is -3.39. The number of rotatable bonds is 7. The molecule has 0 aliphatic carbocycles. The predicted molar refractivity (Wildman–Crippen MR) is 119 cm³/mol. The van der Waals surface area contributed by atoms with Crippen molar-refractivity contribution in [1.82, 2.24) is 9.47 Å². The average molecular weight is 441 g/mol. The molecule has 1 amide bonds. The Balaban J connectivity index is 1.83. The van der Waals surface area contributed by atoms with Crippen molar-refractivity contribution in [1.29, 1.82) is 0 Å². The van der Waals surface area contributed by atoms with Gasteiger partial charge in [-0.05, 0) is 30.7 Å². The first-order chi connectivity index (χ1) is 14.8. The smallest absolute Gasteiger partial charge is 0.308 e. The Morgan fingerprint density at radius 3 is 2.58 bits per heavy atom. The fourth-order valence-electron chi connectivity index (χ4n) is 3.21. The number of benzene rings is 2. The molecule has 1 heterocycles. The van der Waals surface area contributed by atoms with Crippen molar-refractivity contribution >= 4 is 23.2 Å². The minimum Gasteiger partial charge on any atom is -0.497 e. The lowest BCUT2D eigenvalue weighted by molar-refractivity contribution is -0.131. The second kappa shape index (κ2) is 9.61. The number of esters is 1. The summed E-state index contributed by atoms with van der Waals surface area (Å²) in [5.74, 6) is 0.457. The first-order valence-corrected chi connectivity index (χ1v) is 10.5. The van der Waals surface area contributed by atoms with Crippen LogP contribution < -0.4 is 14.3 Å². The minimum atomic E-state index is -0.433. The lowest BCUT2D eigenvalue weighted by Crippen LogP contribution is -2.26. The van der Waals surface area contributed by atoms with Crippen LogP contribution >= 0.6 is 11.3 Å². The summed E-state index contributed by atoms with van der Waals surface area (Å²) >= 11 is 0.918. The summed E-state index contributed by atoms with van der Waals surface area (Å²) in [4.78, 5) is 38.8. The van der Waals surface area contributed by atoms with E-state index in [9.17, 15) is 14.4 Å². The Kier molecular flexibility index (Phi) is 6.91. The Bertz CT molecular complexity index is 1160. The molecule has 3 rings (SSSR count). The van der Waals surface area contributed by atoms with E-state index in [0.29, 0.717) is 28.4 Å². The number of thiazole rings is 1. The first-order valence-electron chi connectivity index (χ1n) is 9.65. The maximum atomic E-state index is 13.0. The van der Waals surface area contributed by atoms with E-state index >= 15 is 0 Å². The summed E-state index contributed by atoms with van der Waals surface area (Å²) in [5.41, 5.74) is 2.19. The van der Waals surface area contributed by atoms with Crippen LogP contribution in [0.25, 0.3) is 0 Å². The van der Waals surface area contributed by atoms with Gasteiger partial charge in [-0.2, -0.15) is 0 Å². The number of methoxy groups -OCH3 is 1. The van der Waals surface area contributed by atoms with Crippen LogP contribution in [-0.2, 0) is 17.9 Å². The highest BCUT2D eigenvalue weighted by molar-refractivity contribution is 7.11. The number of carbonyl (C=O) groups is 2. The summed E-state index contributed by atoms with van der Waals surface area (Å²) in [6.07, 6.45) is 0. The Morgan fingerprint density at radius 2 is 1.87 bits per heavy atom. The quantitative estimate of drug-likeness (QED) is 0.415. The molecule has 0 unspecified atom stereocenters. The summed E-state index contributed by atoms with van der Waals surface area (Å²) in [6, 6.07) is 14.5. The van der Waals surface area contributed by atoms with Gasteiger partial charge in [-0.1, -0.05) is 41.7 Å². The number of para-hydroxylation sites is 1. The van der Waals surface area contributed by atoms with Gasteiger partial charge < -0.3 is 14.4 Å². The van der Waals surface area contributed by atoms with Crippen molar-refractivity contribution < 1.29 is 19.1 Å². The third kappa shape index (κ3) is 5.21. The maximum Gasteiger partial charge on any atom is 0.308 e. The van der Waals surface area contributed by atoms with E-state index in [-0.39, 0.29) is 17.3 Å². The van der Waals surface area contributed by atoms with Crippen LogP contribution in [-0.4, -0.2) is 35.5 Å². The molecule has 1 aromatic heterocycles. The lowest BCUT2D eigenvalue weighted by Gasteiger charge is -2.17. The second-order valence-corrected chi connectivity index (χ2v) is 8.04. The van der Waals surface area contributed by atoms with Crippen molar-refractivity contribution in [2.24, 2.45) is 0 Å². The van der Waals surface area contributed by atoms with Gasteiger partial charge in [0.1, 0.15) is 16.4 Å². The molecule has 0 N–H and O–H groups in total. The standard InChI is InChI=1S/C23H24N2O5S/c1-15-21(22(27)24(3)13-17-8-7-10-19(12-17)29-4)31-23(28)25(15)14-18-9-5-6-11-20(18)30-16(2)26/h5-12H,13-14H2,1-4H3. The van der Waals surface area contributed by atoms with Crippen LogP contribution in [0.4, 0.5) is 0 Å². The summed E-state index contributed by atoms with van der Waals surface area (Å²) in [6.45, 7) is 3.67. The van der Waals surface area contributed by atoms with Gasteiger partial charge in [-0.25, -0.2) is 0 Å². The van der Waals surface area contributed by atoms with Gasteiger partial charge in [-0.3, -0.25) is 19.0 Å². The highest BCUT2D eigenvalue weighted by atomic mass is 32.1. The van der Waals surface area contributed by atoms with Gasteiger partial charge in [0.25, 0.3) is 5.91 Å². The van der Waals surface area contributed by atoms with E-state index in [1.54, 1.807) is 44.2 Å². The molecule has 0 aliphatic heterocycles. The number of carbonyl (C=O) groups excluding carboxylic acids is 2. The normalized spacial score (nSPS) is 10.6. The molecule has 3 aromatic rings. The molecular formula is C23H24N2O5S. The summed E-state index contributed by atoms with van der Waals surface area (Å²) in [7, 11) is 3.29. The van der Waals surface area contributed by atoms with Crippen LogP contribution in [0.2, 0.25) is 0 Å². The van der Waals surface area contributed by atoms with Crippen LogP contribution in [0.1, 0.15) is 33.4 Å². The molecule has 0 spiro atoms. The van der Waals surface area contributed by atoms with Gasteiger partial charge in [0, 0.05) is 31.8 Å². The van der Waals surface area contributed by atoms with Crippen molar-refractivity contribution in [2.75, 3.05) is 14.2 Å². The third-order valence-corrected chi connectivity index (χ3v) is 5.86. The van der Waals surface area contributed by atoms with Crippen molar-refractivity contribution in [3.63, 3.8) is 0 Å². The molecule has 7 nitrogen and oxygen atoms in total. The molecule has 0 saturated heterocycles. The van der Waals surface area contributed by atoms with Crippen molar-refractivity contribution in [3.05, 3.63) is 79.9 Å². The molecular weight excluding hydrogens is 416 g/mol. The fourth-order valence-corrected chi connectivity index (χ4v) is 4.19. The molecule has 2 aromatic carbocycles. The topological polar surface area (TPSA) is 77.8 Å². The molecule has 0 bridgehead atoms. The van der Waals surface area contributed by atoms with Crippen LogP contribution in [0.3, 0.4) is 0 Å². The van der Waals surface area contributed by atoms with Crippen LogP contribution in [0, 0.1) is 6.92 Å². The van der Waals surface area contributed by atoms with E-state index < -0.39 is 5.97 Å². The number of hydrogen-bond donors (Lipinski definition) is 0. The van der Waals surface area contributed by atoms with E-state index in [1.165, 1.54) is 11.5 Å². The van der Waals surface area contributed by atoms with Crippen molar-refractivity contribution in [2.45, 2.75) is 26.9 Å². The number of aromatic nitrogens is 1. The zero-order valence-corrected chi connectivity index (χ0v) is 18.7.